The molecule has 0 aliphatic rings. The molecule has 7 heteroatoms. The minimum absolute atomic E-state index is 0.0195. The lowest BCUT2D eigenvalue weighted by Gasteiger charge is -2.19. The van der Waals surface area contributed by atoms with Gasteiger partial charge in [-0.05, 0) is 18.6 Å². The molecule has 0 spiro atoms. The molecule has 106 valence electrons. The molecule has 0 saturated carbocycles. The van der Waals surface area contributed by atoms with Gasteiger partial charge in [0.05, 0.1) is 4.99 Å². The zero-order valence-electron chi connectivity index (χ0n) is 10.9. The summed E-state index contributed by atoms with van der Waals surface area (Å²) in [6.07, 6.45) is 0.710. The van der Waals surface area contributed by atoms with Crippen molar-refractivity contribution in [3.8, 4) is 0 Å². The summed E-state index contributed by atoms with van der Waals surface area (Å²) in [5, 5.41) is 0. The van der Waals surface area contributed by atoms with Crippen molar-refractivity contribution in [2.75, 3.05) is 30.8 Å². The zero-order valence-corrected chi connectivity index (χ0v) is 12.5. The van der Waals surface area contributed by atoms with Gasteiger partial charge in [0.25, 0.3) is 0 Å². The molecule has 0 aromatic heterocycles. The SMILES string of the molecule is CN(CCCNS(=O)(=O)CC(N)=S)c1ccccc1. The van der Waals surface area contributed by atoms with Crippen molar-refractivity contribution < 1.29 is 8.42 Å². The summed E-state index contributed by atoms with van der Waals surface area (Å²) in [6.45, 7) is 1.14. The van der Waals surface area contributed by atoms with Gasteiger partial charge in [-0.25, -0.2) is 13.1 Å². The molecule has 0 fully saturated rings. The van der Waals surface area contributed by atoms with Crippen LogP contribution in [0.3, 0.4) is 0 Å². The van der Waals surface area contributed by atoms with E-state index in [-0.39, 0.29) is 10.7 Å². The van der Waals surface area contributed by atoms with Crippen LogP contribution in [0.25, 0.3) is 0 Å². The maximum Gasteiger partial charge on any atom is 0.218 e. The summed E-state index contributed by atoms with van der Waals surface area (Å²) >= 11 is 4.58. The predicted molar refractivity (Wildman–Crippen MR) is 82.9 cm³/mol. The fraction of sp³-hybridized carbons (Fsp3) is 0.417. The van der Waals surface area contributed by atoms with Crippen LogP contribution in [0.2, 0.25) is 0 Å². The maximum absolute atomic E-state index is 11.5. The number of anilines is 1. The van der Waals surface area contributed by atoms with Crippen molar-refractivity contribution in [1.29, 1.82) is 0 Å². The minimum Gasteiger partial charge on any atom is -0.392 e. The molecule has 3 N–H and O–H groups in total. The van der Waals surface area contributed by atoms with Gasteiger partial charge < -0.3 is 10.6 Å². The van der Waals surface area contributed by atoms with Gasteiger partial charge in [-0.3, -0.25) is 0 Å². The summed E-state index contributed by atoms with van der Waals surface area (Å²) < 4.78 is 25.4. The fourth-order valence-corrected chi connectivity index (χ4v) is 2.99. The lowest BCUT2D eigenvalue weighted by molar-refractivity contribution is 0.583. The van der Waals surface area contributed by atoms with E-state index in [0.29, 0.717) is 13.0 Å². The normalized spacial score (nSPS) is 11.2. The van der Waals surface area contributed by atoms with Gasteiger partial charge in [0.15, 0.2) is 0 Å². The maximum atomic E-state index is 11.5. The van der Waals surface area contributed by atoms with E-state index in [1.54, 1.807) is 0 Å². The van der Waals surface area contributed by atoms with Crippen LogP contribution in [0.15, 0.2) is 30.3 Å². The van der Waals surface area contributed by atoms with E-state index in [0.717, 1.165) is 12.2 Å². The average Bonchev–Trinajstić information content (AvgIpc) is 2.34. The highest BCUT2D eigenvalue weighted by molar-refractivity contribution is 7.92. The number of hydrogen-bond donors (Lipinski definition) is 2. The fourth-order valence-electron chi connectivity index (χ4n) is 1.59. The highest BCUT2D eigenvalue weighted by Crippen LogP contribution is 2.10. The summed E-state index contributed by atoms with van der Waals surface area (Å²) in [6, 6.07) is 9.92. The molecule has 0 bridgehead atoms. The van der Waals surface area contributed by atoms with Gasteiger partial charge in [0.1, 0.15) is 5.75 Å². The summed E-state index contributed by atoms with van der Waals surface area (Å²) in [5.41, 5.74) is 6.32. The topological polar surface area (TPSA) is 75.4 Å². The second kappa shape index (κ2) is 7.42. The van der Waals surface area contributed by atoms with E-state index in [1.807, 2.05) is 37.4 Å². The predicted octanol–water partition coefficient (Wildman–Crippen LogP) is 0.718. The molecular formula is C12H19N3O2S2. The third-order valence-corrected chi connectivity index (χ3v) is 4.18. The first-order valence-corrected chi connectivity index (χ1v) is 7.98. The Labute approximate surface area is 119 Å². The van der Waals surface area contributed by atoms with Gasteiger partial charge in [-0.1, -0.05) is 30.4 Å². The molecule has 19 heavy (non-hydrogen) atoms. The largest absolute Gasteiger partial charge is 0.392 e. The second-order valence-corrected chi connectivity index (χ2v) is 6.56. The number of thiocarbonyl (C=S) groups is 1. The van der Waals surface area contributed by atoms with Crippen molar-refractivity contribution in [3.05, 3.63) is 30.3 Å². The number of nitrogens with two attached hydrogens (primary N) is 1. The highest BCUT2D eigenvalue weighted by Gasteiger charge is 2.10. The first-order valence-electron chi connectivity index (χ1n) is 5.92. The second-order valence-electron chi connectivity index (χ2n) is 4.23. The molecule has 0 aliphatic carbocycles. The molecule has 0 saturated heterocycles. The first kappa shape index (κ1) is 15.9. The number of benzene rings is 1. The van der Waals surface area contributed by atoms with Crippen molar-refractivity contribution >= 4 is 32.9 Å². The molecule has 1 aromatic rings. The van der Waals surface area contributed by atoms with Crippen molar-refractivity contribution in [1.82, 2.24) is 4.72 Å². The number of sulfonamides is 1. The van der Waals surface area contributed by atoms with Gasteiger partial charge in [-0.15, -0.1) is 0 Å². The summed E-state index contributed by atoms with van der Waals surface area (Å²) in [7, 11) is -1.41. The Bertz CT molecular complexity index is 503. The van der Waals surface area contributed by atoms with Crippen LogP contribution in [0.5, 0.6) is 0 Å². The smallest absolute Gasteiger partial charge is 0.218 e. The van der Waals surface area contributed by atoms with Crippen LogP contribution in [-0.4, -0.2) is 39.3 Å². The summed E-state index contributed by atoms with van der Waals surface area (Å²) in [5.74, 6) is -0.295. The van der Waals surface area contributed by atoms with E-state index in [1.165, 1.54) is 0 Å². The average molecular weight is 301 g/mol. The number of rotatable bonds is 8. The first-order chi connectivity index (χ1) is 8.91. The zero-order chi connectivity index (χ0) is 14.3. The molecule has 0 heterocycles. The lowest BCUT2D eigenvalue weighted by atomic mass is 10.3. The number of nitrogens with zero attached hydrogens (tertiary/aromatic N) is 1. The standard InChI is InChI=1S/C12H19N3O2S2/c1-15(11-6-3-2-4-7-11)9-5-8-14-19(16,17)10-12(13)18/h2-4,6-7,14H,5,8-10H2,1H3,(H2,13,18). The van der Waals surface area contributed by atoms with Gasteiger partial charge >= 0.3 is 0 Å². The van der Waals surface area contributed by atoms with Crippen LogP contribution in [0, 0.1) is 0 Å². The Hall–Kier alpha value is -1.18. The quantitative estimate of drug-likeness (QED) is 0.546. The molecule has 0 amide bonds. The monoisotopic (exact) mass is 301 g/mol. The molecule has 0 atom stereocenters. The Kier molecular flexibility index (Phi) is 6.20. The van der Waals surface area contributed by atoms with Gasteiger partial charge in [-0.2, -0.15) is 0 Å². The van der Waals surface area contributed by atoms with E-state index in [4.69, 9.17) is 5.73 Å². The van der Waals surface area contributed by atoms with Crippen LogP contribution >= 0.6 is 12.2 Å². The Morgan fingerprint density at radius 3 is 2.58 bits per heavy atom. The van der Waals surface area contributed by atoms with E-state index >= 15 is 0 Å². The number of hydrogen-bond acceptors (Lipinski definition) is 4. The summed E-state index contributed by atoms with van der Waals surface area (Å²) in [4.78, 5) is 2.05. The molecular weight excluding hydrogens is 282 g/mol. The lowest BCUT2D eigenvalue weighted by Crippen LogP contribution is -2.34. The van der Waals surface area contributed by atoms with Crippen molar-refractivity contribution in [2.24, 2.45) is 5.73 Å². The Balaban J connectivity index is 2.30. The molecule has 0 unspecified atom stereocenters. The molecule has 1 aromatic carbocycles. The highest BCUT2D eigenvalue weighted by atomic mass is 32.2. The van der Waals surface area contributed by atoms with Crippen LogP contribution in [-0.2, 0) is 10.0 Å². The van der Waals surface area contributed by atoms with E-state index < -0.39 is 10.0 Å². The minimum atomic E-state index is -3.38. The third-order valence-electron chi connectivity index (χ3n) is 2.52. The molecule has 1 rings (SSSR count). The molecule has 5 nitrogen and oxygen atoms in total. The number of nitrogens with one attached hydrogen (secondary N) is 1. The third kappa shape index (κ3) is 6.51. The number of para-hydroxylation sites is 1. The molecule has 0 aliphatic heterocycles. The van der Waals surface area contributed by atoms with Crippen LogP contribution in [0.1, 0.15) is 6.42 Å². The Morgan fingerprint density at radius 2 is 2.00 bits per heavy atom. The molecule has 0 radical (unpaired) electrons. The van der Waals surface area contributed by atoms with Crippen molar-refractivity contribution in [3.63, 3.8) is 0 Å². The van der Waals surface area contributed by atoms with Crippen LogP contribution in [0.4, 0.5) is 5.69 Å². The van der Waals surface area contributed by atoms with Gasteiger partial charge in [0, 0.05) is 25.8 Å². The Morgan fingerprint density at radius 1 is 1.37 bits per heavy atom. The van der Waals surface area contributed by atoms with Crippen LogP contribution < -0.4 is 15.4 Å². The van der Waals surface area contributed by atoms with Crippen molar-refractivity contribution in [2.45, 2.75) is 6.42 Å². The van der Waals surface area contributed by atoms with Gasteiger partial charge in [0.2, 0.25) is 10.0 Å². The van der Waals surface area contributed by atoms with E-state index in [9.17, 15) is 8.42 Å². The van der Waals surface area contributed by atoms with E-state index in [2.05, 4.69) is 21.8 Å².